The fourth-order valence-corrected chi connectivity index (χ4v) is 8.36. The molecule has 1 aliphatic heterocycles. The van der Waals surface area contributed by atoms with E-state index in [2.05, 4.69) is 73.4 Å². The van der Waals surface area contributed by atoms with Crippen molar-refractivity contribution in [2.45, 2.75) is 176 Å². The molecule has 3 rings (SSSR count). The second-order valence-electron chi connectivity index (χ2n) is 16.3. The molecule has 0 bridgehead atoms. The van der Waals surface area contributed by atoms with E-state index in [1.54, 1.807) is 0 Å². The molecule has 6 unspecified atom stereocenters. The molecule has 0 radical (unpaired) electrons. The molecule has 0 aromatic carbocycles. The van der Waals surface area contributed by atoms with Crippen LogP contribution in [-0.2, 0) is 4.43 Å². The smallest absolute Gasteiger partial charge is 0.183 e. The van der Waals surface area contributed by atoms with Gasteiger partial charge >= 0.3 is 0 Å². The van der Waals surface area contributed by atoms with Crippen LogP contribution in [0.1, 0.15) is 132 Å². The quantitative estimate of drug-likeness (QED) is 0.174. The first kappa shape index (κ1) is 33.0. The molecule has 1 saturated heterocycles. The van der Waals surface area contributed by atoms with Crippen LogP contribution in [0.5, 0.6) is 0 Å². The molecule has 0 aromatic rings. The van der Waals surface area contributed by atoms with Crippen LogP contribution in [0, 0.1) is 22.7 Å². The van der Waals surface area contributed by atoms with E-state index >= 15 is 0 Å². The van der Waals surface area contributed by atoms with Gasteiger partial charge in [-0.05, 0) is 107 Å². The van der Waals surface area contributed by atoms with Crippen LogP contribution in [-0.4, -0.2) is 50.5 Å². The topological polar surface area (TPSA) is 46.0 Å². The molecule has 0 amide bonds. The Balaban J connectivity index is 1.78. The summed E-state index contributed by atoms with van der Waals surface area (Å²) in [6, 6.07) is 1.73. The third kappa shape index (κ3) is 10.4. The lowest BCUT2D eigenvalue weighted by atomic mass is 9.69. The van der Waals surface area contributed by atoms with Crippen LogP contribution in [0.4, 0.5) is 0 Å². The van der Waals surface area contributed by atoms with Crippen molar-refractivity contribution in [1.82, 2.24) is 5.32 Å². The number of rotatable bonds is 9. The van der Waals surface area contributed by atoms with Crippen molar-refractivity contribution < 1.29 is 4.43 Å². The number of piperidine rings is 1. The second kappa shape index (κ2) is 14.1. The zero-order valence-corrected chi connectivity index (χ0v) is 28.7. The van der Waals surface area contributed by atoms with Crippen molar-refractivity contribution in [2.75, 3.05) is 6.61 Å². The van der Waals surface area contributed by atoms with Crippen molar-refractivity contribution >= 4 is 19.7 Å². The summed E-state index contributed by atoms with van der Waals surface area (Å²) < 4.78 is 6.26. The maximum atomic E-state index is 6.26. The molecule has 2 aliphatic carbocycles. The molecule has 3 fully saturated rings. The highest BCUT2D eigenvalue weighted by Crippen LogP contribution is 2.41. The second-order valence-corrected chi connectivity index (χ2v) is 20.8. The van der Waals surface area contributed by atoms with Crippen LogP contribution < -0.4 is 5.32 Å². The van der Waals surface area contributed by atoms with Crippen LogP contribution in [0.15, 0.2) is 9.98 Å². The Hall–Kier alpha value is -0.523. The fourth-order valence-electron chi connectivity index (χ4n) is 7.60. The molecular formula is C34H65N3OSi. The zero-order chi connectivity index (χ0) is 28.8. The molecule has 2 saturated carbocycles. The molecule has 1 N–H and O–H groups in total. The first-order valence-corrected chi connectivity index (χ1v) is 20.1. The highest BCUT2D eigenvalue weighted by Gasteiger charge is 2.37. The minimum Gasteiger partial charge on any atom is -0.418 e. The van der Waals surface area contributed by atoms with Crippen molar-refractivity contribution in [1.29, 1.82) is 0 Å². The minimum atomic E-state index is -1.49. The number of nitrogens with one attached hydrogen (secondary N) is 1. The average Bonchev–Trinajstić information content (AvgIpc) is 2.84. The normalized spacial score (nSPS) is 32.4. The van der Waals surface area contributed by atoms with Gasteiger partial charge in [0.05, 0.1) is 12.1 Å². The Morgan fingerprint density at radius 3 is 1.77 bits per heavy atom. The van der Waals surface area contributed by atoms with Gasteiger partial charge in [0.15, 0.2) is 8.32 Å². The first-order valence-electron chi connectivity index (χ1n) is 16.7. The minimum absolute atomic E-state index is 0.315. The molecule has 3 aliphatic rings. The first-order chi connectivity index (χ1) is 18.1. The molecule has 1 heterocycles. The summed E-state index contributed by atoms with van der Waals surface area (Å²) in [5.74, 6) is 1.38. The molecule has 5 heteroatoms. The lowest BCUT2D eigenvalue weighted by Crippen LogP contribution is -2.50. The summed E-state index contributed by atoms with van der Waals surface area (Å²) in [5.41, 5.74) is 3.42. The van der Waals surface area contributed by atoms with E-state index in [9.17, 15) is 0 Å². The molecule has 4 nitrogen and oxygen atoms in total. The third-order valence-electron chi connectivity index (χ3n) is 9.79. The van der Waals surface area contributed by atoms with E-state index in [0.717, 1.165) is 19.4 Å². The maximum absolute atomic E-state index is 6.26. The number of aliphatic imine (C=N–C) groups is 2. The van der Waals surface area contributed by atoms with E-state index in [-0.39, 0.29) is 0 Å². The van der Waals surface area contributed by atoms with Crippen LogP contribution in [0.2, 0.25) is 19.6 Å². The lowest BCUT2D eigenvalue weighted by Gasteiger charge is -2.40. The van der Waals surface area contributed by atoms with E-state index in [4.69, 9.17) is 14.4 Å². The van der Waals surface area contributed by atoms with Gasteiger partial charge in [0, 0.05) is 30.1 Å². The summed E-state index contributed by atoms with van der Waals surface area (Å²) >= 11 is 0. The lowest BCUT2D eigenvalue weighted by molar-refractivity contribution is 0.153. The highest BCUT2D eigenvalue weighted by atomic mass is 28.4. The van der Waals surface area contributed by atoms with Crippen molar-refractivity contribution in [2.24, 2.45) is 32.7 Å². The molecular weight excluding hydrogens is 494 g/mol. The van der Waals surface area contributed by atoms with Crippen LogP contribution in [0.3, 0.4) is 0 Å². The molecule has 0 spiro atoms. The molecule has 39 heavy (non-hydrogen) atoms. The van der Waals surface area contributed by atoms with Crippen LogP contribution in [0.25, 0.3) is 0 Å². The van der Waals surface area contributed by atoms with Gasteiger partial charge in [0.2, 0.25) is 0 Å². The maximum Gasteiger partial charge on any atom is 0.183 e. The van der Waals surface area contributed by atoms with Crippen molar-refractivity contribution in [3.8, 4) is 0 Å². The number of nitrogens with zero attached hydrogens (tertiary/aromatic N) is 2. The Kier molecular flexibility index (Phi) is 11.9. The molecule has 6 atom stereocenters. The highest BCUT2D eigenvalue weighted by molar-refractivity contribution is 6.69. The van der Waals surface area contributed by atoms with Gasteiger partial charge in [-0.1, -0.05) is 67.2 Å². The predicted molar refractivity (Wildman–Crippen MR) is 174 cm³/mol. The van der Waals surface area contributed by atoms with Gasteiger partial charge in [-0.3, -0.25) is 9.98 Å². The standard InChI is InChI=1S/C34H65N3OSi/c1-25(35-29-19-13-11-17-26(29)33(2,3)4)28-21-15-22-31(36-28)32(23-16-24-38-39(8,9)10)37-30-20-14-12-18-27(30)34(5,6)7/h26-31,36H,11-24H2,1-10H3. The summed E-state index contributed by atoms with van der Waals surface area (Å²) in [6.07, 6.45) is 16.4. The van der Waals surface area contributed by atoms with E-state index in [1.165, 1.54) is 82.1 Å². The monoisotopic (exact) mass is 559 g/mol. The van der Waals surface area contributed by atoms with Crippen molar-refractivity contribution in [3.05, 3.63) is 0 Å². The molecule has 0 aromatic heterocycles. The van der Waals surface area contributed by atoms with Gasteiger partial charge in [-0.25, -0.2) is 0 Å². The Morgan fingerprint density at radius 2 is 1.23 bits per heavy atom. The third-order valence-corrected chi connectivity index (χ3v) is 10.9. The number of hydrogen-bond acceptors (Lipinski definition) is 4. The van der Waals surface area contributed by atoms with E-state index in [1.807, 2.05) is 0 Å². The van der Waals surface area contributed by atoms with E-state index in [0.29, 0.717) is 46.8 Å². The van der Waals surface area contributed by atoms with Gasteiger partial charge in [0.25, 0.3) is 0 Å². The fraction of sp³-hybridized carbons (Fsp3) is 0.941. The van der Waals surface area contributed by atoms with Gasteiger partial charge in [0.1, 0.15) is 0 Å². The summed E-state index contributed by atoms with van der Waals surface area (Å²) in [6.45, 7) is 24.6. The Morgan fingerprint density at radius 1 is 0.718 bits per heavy atom. The van der Waals surface area contributed by atoms with Crippen molar-refractivity contribution in [3.63, 3.8) is 0 Å². The molecule has 226 valence electrons. The predicted octanol–water partition coefficient (Wildman–Crippen LogP) is 9.24. The van der Waals surface area contributed by atoms with Crippen LogP contribution >= 0.6 is 0 Å². The SMILES string of the molecule is CC(=NC1CCCCC1C(C)(C)C)C1CCCC(C(CCCO[Si](C)(C)C)=NC2CCCCC2C(C)(C)C)N1. The average molecular weight is 560 g/mol. The largest absolute Gasteiger partial charge is 0.418 e. The zero-order valence-electron chi connectivity index (χ0n) is 27.7. The van der Waals surface area contributed by atoms with E-state index < -0.39 is 8.32 Å². The summed E-state index contributed by atoms with van der Waals surface area (Å²) in [7, 11) is -1.49. The van der Waals surface area contributed by atoms with Gasteiger partial charge in [-0.2, -0.15) is 0 Å². The van der Waals surface area contributed by atoms with Gasteiger partial charge in [-0.15, -0.1) is 0 Å². The number of hydrogen-bond donors (Lipinski definition) is 1. The van der Waals surface area contributed by atoms with Gasteiger partial charge < -0.3 is 9.74 Å². The summed E-state index contributed by atoms with van der Waals surface area (Å²) in [5, 5.41) is 4.10. The Bertz CT molecular complexity index is 816. The Labute approximate surface area is 244 Å². The summed E-state index contributed by atoms with van der Waals surface area (Å²) in [4.78, 5) is 11.1.